The highest BCUT2D eigenvalue weighted by Crippen LogP contribution is 2.39. The zero-order valence-corrected chi connectivity index (χ0v) is 18.8. The number of rotatable bonds is 5. The van der Waals surface area contributed by atoms with Crippen LogP contribution in [-0.2, 0) is 18.9 Å². The molecular formula is C20H40N2O8. The minimum Gasteiger partial charge on any atom is -0.394 e. The van der Waals surface area contributed by atoms with Gasteiger partial charge in [-0.2, -0.15) is 0 Å². The van der Waals surface area contributed by atoms with Gasteiger partial charge < -0.3 is 50.8 Å². The van der Waals surface area contributed by atoms with Crippen LogP contribution in [0.5, 0.6) is 0 Å². The summed E-state index contributed by atoms with van der Waals surface area (Å²) in [6.07, 6.45) is -7.08. The van der Waals surface area contributed by atoms with E-state index in [4.69, 9.17) is 30.4 Å². The number of hydrogen-bond acceptors (Lipinski definition) is 10. The summed E-state index contributed by atoms with van der Waals surface area (Å²) in [6.45, 7) is 10.5. The molecule has 10 atom stereocenters. The topological polar surface area (TPSA) is 170 Å². The average Bonchev–Trinajstić information content (AvgIpc) is 2.62. The average molecular weight is 437 g/mol. The van der Waals surface area contributed by atoms with Crippen LogP contribution in [0.25, 0.3) is 0 Å². The molecule has 8 N–H and O–H groups in total. The number of hydrogen-bond donors (Lipinski definition) is 6. The largest absolute Gasteiger partial charge is 0.394 e. The molecule has 10 heteroatoms. The third-order valence-electron chi connectivity index (χ3n) is 5.63. The quantitative estimate of drug-likeness (QED) is 0.303. The molecule has 0 radical (unpaired) electrons. The summed E-state index contributed by atoms with van der Waals surface area (Å²) in [5, 5.41) is 41.2. The number of ether oxygens (including phenoxy) is 4. The molecule has 4 unspecified atom stereocenters. The molecule has 10 nitrogen and oxygen atoms in total. The van der Waals surface area contributed by atoms with Crippen molar-refractivity contribution in [3.8, 4) is 0 Å². The van der Waals surface area contributed by atoms with Gasteiger partial charge in [-0.3, -0.25) is 0 Å². The summed E-state index contributed by atoms with van der Waals surface area (Å²) in [4.78, 5) is 0. The van der Waals surface area contributed by atoms with Crippen molar-refractivity contribution < 1.29 is 39.4 Å². The second-order valence-corrected chi connectivity index (χ2v) is 10.3. The molecule has 0 aromatic carbocycles. The number of nitrogens with two attached hydrogens (primary N) is 2. The van der Waals surface area contributed by atoms with E-state index in [2.05, 4.69) is 0 Å². The predicted octanol–water partition coefficient (Wildman–Crippen LogP) is -1.34. The van der Waals surface area contributed by atoms with E-state index in [9.17, 15) is 20.4 Å². The molecule has 0 bridgehead atoms. The van der Waals surface area contributed by atoms with Crippen LogP contribution in [0.15, 0.2) is 0 Å². The van der Waals surface area contributed by atoms with Crippen LogP contribution < -0.4 is 11.5 Å². The standard InChI is InChI=1S/C20H40N2O8/c1-19(2,3)11-9(7-23)27-17(12(21)14(11)25)29-16-10(8-24)28-18(13(22)15(16)26)30-20(4,5)6/h9-18,23-26H,7-8,21-22H2,1-6H3/t9?,10?,11-,12?,13?,14+,15-,16-,17+,18+/m1/s1. The lowest BCUT2D eigenvalue weighted by Gasteiger charge is -2.50. The highest BCUT2D eigenvalue weighted by molar-refractivity contribution is 4.99. The van der Waals surface area contributed by atoms with Gasteiger partial charge in [0.2, 0.25) is 0 Å². The Morgan fingerprint density at radius 2 is 1.30 bits per heavy atom. The fourth-order valence-corrected chi connectivity index (χ4v) is 4.18. The SMILES string of the molecule is CC(C)(C)O[C@@H]1OC(CO)[C@@H](O[C@@H]2OC(CO)[C@@H](C(C)(C)C)[C@H](O)C2N)[C@H](O)C1N. The lowest BCUT2D eigenvalue weighted by Crippen LogP contribution is -2.68. The number of aliphatic hydroxyl groups is 4. The Kier molecular flexibility index (Phi) is 8.29. The second kappa shape index (κ2) is 9.62. The minimum absolute atomic E-state index is 0.334. The molecule has 0 aromatic heterocycles. The third-order valence-corrected chi connectivity index (χ3v) is 5.63. The first-order valence-corrected chi connectivity index (χ1v) is 10.4. The van der Waals surface area contributed by atoms with Crippen LogP contribution in [0.4, 0.5) is 0 Å². The van der Waals surface area contributed by atoms with Gasteiger partial charge in [0.15, 0.2) is 12.6 Å². The van der Waals surface area contributed by atoms with Crippen molar-refractivity contribution in [1.82, 2.24) is 0 Å². The molecule has 2 aliphatic heterocycles. The van der Waals surface area contributed by atoms with E-state index in [1.807, 2.05) is 41.5 Å². The maximum atomic E-state index is 10.8. The summed E-state index contributed by atoms with van der Waals surface area (Å²) in [5.74, 6) is -0.426. The molecule has 0 spiro atoms. The van der Waals surface area contributed by atoms with E-state index in [-0.39, 0.29) is 12.0 Å². The van der Waals surface area contributed by atoms with E-state index in [1.54, 1.807) is 0 Å². The van der Waals surface area contributed by atoms with E-state index in [0.29, 0.717) is 0 Å². The lowest BCUT2D eigenvalue weighted by molar-refractivity contribution is -0.337. The molecule has 30 heavy (non-hydrogen) atoms. The Hall–Kier alpha value is -0.400. The van der Waals surface area contributed by atoms with Gasteiger partial charge >= 0.3 is 0 Å². The molecule has 2 saturated heterocycles. The molecule has 0 aliphatic carbocycles. The van der Waals surface area contributed by atoms with Crippen molar-refractivity contribution in [2.24, 2.45) is 22.8 Å². The van der Waals surface area contributed by atoms with E-state index in [1.165, 1.54) is 0 Å². The van der Waals surface area contributed by atoms with Crippen LogP contribution in [-0.4, -0.2) is 94.4 Å². The molecule has 0 saturated carbocycles. The van der Waals surface area contributed by atoms with Crippen molar-refractivity contribution in [1.29, 1.82) is 0 Å². The second-order valence-electron chi connectivity index (χ2n) is 10.3. The monoisotopic (exact) mass is 436 g/mol. The van der Waals surface area contributed by atoms with Gasteiger partial charge in [0.05, 0.1) is 43.1 Å². The fourth-order valence-electron chi connectivity index (χ4n) is 4.18. The van der Waals surface area contributed by atoms with Crippen LogP contribution in [0, 0.1) is 11.3 Å². The smallest absolute Gasteiger partial charge is 0.176 e. The van der Waals surface area contributed by atoms with Crippen LogP contribution >= 0.6 is 0 Å². The van der Waals surface area contributed by atoms with Crippen molar-refractivity contribution in [2.45, 2.75) is 102 Å². The summed E-state index contributed by atoms with van der Waals surface area (Å²) in [7, 11) is 0. The minimum atomic E-state index is -1.25. The molecule has 2 aliphatic rings. The zero-order valence-electron chi connectivity index (χ0n) is 18.8. The first kappa shape index (κ1) is 25.9. The summed E-state index contributed by atoms with van der Waals surface area (Å²) >= 11 is 0. The van der Waals surface area contributed by atoms with Gasteiger partial charge in [-0.05, 0) is 26.2 Å². The van der Waals surface area contributed by atoms with E-state index in [0.717, 1.165) is 0 Å². The van der Waals surface area contributed by atoms with Gasteiger partial charge in [0.25, 0.3) is 0 Å². The summed E-state index contributed by atoms with van der Waals surface area (Å²) in [6, 6.07) is -1.89. The number of aliphatic hydroxyl groups excluding tert-OH is 4. The van der Waals surface area contributed by atoms with E-state index >= 15 is 0 Å². The maximum Gasteiger partial charge on any atom is 0.176 e. The summed E-state index contributed by atoms with van der Waals surface area (Å²) in [5.41, 5.74) is 11.4. The predicted molar refractivity (Wildman–Crippen MR) is 108 cm³/mol. The summed E-state index contributed by atoms with van der Waals surface area (Å²) < 4.78 is 23.3. The normalized spacial score (nSPS) is 43.6. The van der Waals surface area contributed by atoms with Crippen LogP contribution in [0.3, 0.4) is 0 Å². The molecule has 2 fully saturated rings. The Morgan fingerprint density at radius 1 is 0.800 bits per heavy atom. The Bertz CT molecular complexity index is 548. The van der Waals surface area contributed by atoms with Crippen molar-refractivity contribution in [2.75, 3.05) is 13.2 Å². The van der Waals surface area contributed by atoms with Gasteiger partial charge in [0.1, 0.15) is 18.3 Å². The Balaban J connectivity index is 2.18. The van der Waals surface area contributed by atoms with Crippen molar-refractivity contribution in [3.63, 3.8) is 0 Å². The Morgan fingerprint density at radius 3 is 1.77 bits per heavy atom. The molecule has 0 amide bonds. The van der Waals surface area contributed by atoms with Crippen LogP contribution in [0.2, 0.25) is 0 Å². The molecular weight excluding hydrogens is 396 g/mol. The highest BCUT2D eigenvalue weighted by Gasteiger charge is 2.52. The van der Waals surface area contributed by atoms with Crippen molar-refractivity contribution in [3.05, 3.63) is 0 Å². The van der Waals surface area contributed by atoms with Crippen LogP contribution in [0.1, 0.15) is 41.5 Å². The first-order chi connectivity index (χ1) is 13.7. The Labute approximate surface area is 178 Å². The molecule has 2 rings (SSSR count). The lowest BCUT2D eigenvalue weighted by atomic mass is 9.71. The van der Waals surface area contributed by atoms with Crippen molar-refractivity contribution >= 4 is 0 Å². The third kappa shape index (κ3) is 5.69. The molecule has 0 aromatic rings. The molecule has 178 valence electrons. The first-order valence-electron chi connectivity index (χ1n) is 10.4. The zero-order chi connectivity index (χ0) is 23.0. The van der Waals surface area contributed by atoms with Gasteiger partial charge in [0, 0.05) is 5.92 Å². The van der Waals surface area contributed by atoms with Gasteiger partial charge in [-0.1, -0.05) is 20.8 Å². The highest BCUT2D eigenvalue weighted by atomic mass is 16.7. The van der Waals surface area contributed by atoms with Gasteiger partial charge in [-0.15, -0.1) is 0 Å². The van der Waals surface area contributed by atoms with Gasteiger partial charge in [-0.25, -0.2) is 0 Å². The maximum absolute atomic E-state index is 10.8. The fraction of sp³-hybridized carbons (Fsp3) is 1.00. The van der Waals surface area contributed by atoms with E-state index < -0.39 is 73.3 Å². The molecule has 2 heterocycles.